The van der Waals surface area contributed by atoms with E-state index in [1.54, 1.807) is 0 Å². The summed E-state index contributed by atoms with van der Waals surface area (Å²) in [4.78, 5) is 0.143. The van der Waals surface area contributed by atoms with Crippen LogP contribution in [-0.4, -0.2) is 38.9 Å². The highest BCUT2D eigenvalue weighted by molar-refractivity contribution is 7.89. The van der Waals surface area contributed by atoms with E-state index in [-0.39, 0.29) is 33.9 Å². The predicted molar refractivity (Wildman–Crippen MR) is 84.3 cm³/mol. The number of hydrogen-bond acceptors (Lipinski definition) is 4. The third-order valence-electron chi connectivity index (χ3n) is 3.43. The largest absolute Gasteiger partial charge is 0.318 e. The highest BCUT2D eigenvalue weighted by atomic mass is 35.5. The second kappa shape index (κ2) is 7.43. The van der Waals surface area contributed by atoms with E-state index < -0.39 is 10.0 Å². The van der Waals surface area contributed by atoms with Crippen molar-refractivity contribution in [1.29, 1.82) is 5.26 Å². The topological polar surface area (TPSA) is 73.2 Å². The van der Waals surface area contributed by atoms with Crippen LogP contribution in [0.15, 0.2) is 23.1 Å². The highest BCUT2D eigenvalue weighted by Gasteiger charge is 2.34. The fourth-order valence-corrected chi connectivity index (χ4v) is 4.45. The van der Waals surface area contributed by atoms with Gasteiger partial charge in [0.05, 0.1) is 15.5 Å². The number of hydrogen-bond donors (Lipinski definition) is 1. The fraction of sp³-hybridized carbons (Fsp3) is 0.462. The molecule has 1 aliphatic heterocycles. The second-order valence-electron chi connectivity index (χ2n) is 4.72. The van der Waals surface area contributed by atoms with Crippen LogP contribution >= 0.6 is 24.0 Å². The van der Waals surface area contributed by atoms with Crippen LogP contribution in [0.2, 0.25) is 5.02 Å². The van der Waals surface area contributed by atoms with E-state index >= 15 is 0 Å². The van der Waals surface area contributed by atoms with Crippen molar-refractivity contribution in [3.63, 3.8) is 0 Å². The molecular formula is C13H17Cl2N3O2S. The average Bonchev–Trinajstić information content (AvgIpc) is 2.88. The standard InChI is InChI=1S/C13H16ClN3O2S.ClH/c1-16-9-11-3-2-6-17(11)20(18,19)12-5-4-10(8-15)13(14)7-12;/h4-5,7,11,16H,2-3,6,9H2,1H3;1H. The van der Waals surface area contributed by atoms with Crippen molar-refractivity contribution in [2.75, 3.05) is 20.1 Å². The minimum Gasteiger partial charge on any atom is -0.318 e. The fourth-order valence-electron chi connectivity index (χ4n) is 2.45. The molecule has 2 rings (SSSR count). The van der Waals surface area contributed by atoms with Gasteiger partial charge in [-0.1, -0.05) is 11.6 Å². The van der Waals surface area contributed by atoms with Gasteiger partial charge in [-0.2, -0.15) is 9.57 Å². The van der Waals surface area contributed by atoms with E-state index in [9.17, 15) is 8.42 Å². The zero-order valence-corrected chi connectivity index (χ0v) is 13.9. The number of halogens is 2. The Morgan fingerprint density at radius 2 is 2.24 bits per heavy atom. The molecular weight excluding hydrogens is 333 g/mol. The normalized spacial score (nSPS) is 19.0. The molecule has 1 aliphatic rings. The molecule has 0 amide bonds. The zero-order valence-electron chi connectivity index (χ0n) is 11.5. The van der Waals surface area contributed by atoms with Crippen LogP contribution in [0.3, 0.4) is 0 Å². The Hall–Kier alpha value is -0.840. The SMILES string of the molecule is CNCC1CCCN1S(=O)(=O)c1ccc(C#N)c(Cl)c1.Cl. The molecule has 0 aromatic heterocycles. The lowest BCUT2D eigenvalue weighted by atomic mass is 10.2. The maximum absolute atomic E-state index is 12.6. The molecule has 21 heavy (non-hydrogen) atoms. The quantitative estimate of drug-likeness (QED) is 0.902. The molecule has 0 bridgehead atoms. The molecule has 1 aromatic carbocycles. The first-order valence-corrected chi connectivity index (χ1v) is 8.18. The van der Waals surface area contributed by atoms with Gasteiger partial charge in [0.25, 0.3) is 0 Å². The first-order chi connectivity index (χ1) is 9.50. The molecule has 0 spiro atoms. The van der Waals surface area contributed by atoms with E-state index in [1.165, 1.54) is 22.5 Å². The molecule has 1 heterocycles. The molecule has 1 N–H and O–H groups in total. The van der Waals surface area contributed by atoms with Crippen LogP contribution in [0.1, 0.15) is 18.4 Å². The Bertz CT molecular complexity index is 643. The summed E-state index contributed by atoms with van der Waals surface area (Å²) in [6, 6.07) is 6.13. The van der Waals surface area contributed by atoms with Crippen LogP contribution in [0.4, 0.5) is 0 Å². The predicted octanol–water partition coefficient (Wildman–Crippen LogP) is 2.01. The molecule has 0 saturated carbocycles. The van der Waals surface area contributed by atoms with Crippen molar-refractivity contribution >= 4 is 34.0 Å². The van der Waals surface area contributed by atoms with Gasteiger partial charge < -0.3 is 5.32 Å². The molecule has 0 aliphatic carbocycles. The van der Waals surface area contributed by atoms with Crippen LogP contribution in [0.25, 0.3) is 0 Å². The smallest absolute Gasteiger partial charge is 0.243 e. The van der Waals surface area contributed by atoms with Crippen molar-refractivity contribution in [3.05, 3.63) is 28.8 Å². The third-order valence-corrected chi connectivity index (χ3v) is 5.69. The van der Waals surface area contributed by atoms with Gasteiger partial charge in [0.2, 0.25) is 10.0 Å². The lowest BCUT2D eigenvalue weighted by Gasteiger charge is -2.24. The summed E-state index contributed by atoms with van der Waals surface area (Å²) in [6.07, 6.45) is 1.71. The summed E-state index contributed by atoms with van der Waals surface area (Å²) in [6.45, 7) is 1.15. The van der Waals surface area contributed by atoms with Crippen LogP contribution in [0.5, 0.6) is 0 Å². The number of rotatable bonds is 4. The Balaban J connectivity index is 0.00000220. The van der Waals surface area contributed by atoms with Crippen molar-refractivity contribution in [1.82, 2.24) is 9.62 Å². The maximum Gasteiger partial charge on any atom is 0.243 e. The van der Waals surface area contributed by atoms with E-state index in [0.29, 0.717) is 13.1 Å². The molecule has 0 radical (unpaired) electrons. The van der Waals surface area contributed by atoms with Crippen LogP contribution in [-0.2, 0) is 10.0 Å². The van der Waals surface area contributed by atoms with Gasteiger partial charge in [-0.25, -0.2) is 8.42 Å². The molecule has 116 valence electrons. The van der Waals surface area contributed by atoms with Gasteiger partial charge >= 0.3 is 0 Å². The van der Waals surface area contributed by atoms with E-state index in [0.717, 1.165) is 12.8 Å². The molecule has 1 aromatic rings. The Morgan fingerprint density at radius 3 is 2.81 bits per heavy atom. The van der Waals surface area contributed by atoms with Gasteiger partial charge in [-0.3, -0.25) is 0 Å². The number of sulfonamides is 1. The minimum atomic E-state index is -3.56. The van der Waals surface area contributed by atoms with Crippen LogP contribution in [0, 0.1) is 11.3 Å². The molecule has 1 fully saturated rings. The van der Waals surface area contributed by atoms with Crippen molar-refractivity contribution < 1.29 is 8.42 Å². The molecule has 1 unspecified atom stereocenters. The maximum atomic E-state index is 12.6. The van der Waals surface area contributed by atoms with Gasteiger partial charge in [-0.15, -0.1) is 12.4 Å². The summed E-state index contributed by atoms with van der Waals surface area (Å²) < 4.78 is 26.8. The van der Waals surface area contributed by atoms with Crippen LogP contribution < -0.4 is 5.32 Å². The monoisotopic (exact) mass is 349 g/mol. The number of nitriles is 1. The average molecular weight is 350 g/mol. The van der Waals surface area contributed by atoms with Crippen molar-refractivity contribution in [2.45, 2.75) is 23.8 Å². The van der Waals surface area contributed by atoms with Crippen molar-refractivity contribution in [3.8, 4) is 6.07 Å². The number of benzene rings is 1. The summed E-state index contributed by atoms with van der Waals surface area (Å²) in [5.41, 5.74) is 0.277. The lowest BCUT2D eigenvalue weighted by molar-refractivity contribution is 0.379. The third kappa shape index (κ3) is 3.68. The Morgan fingerprint density at radius 1 is 1.52 bits per heavy atom. The van der Waals surface area contributed by atoms with Gasteiger partial charge in [0.1, 0.15) is 6.07 Å². The van der Waals surface area contributed by atoms with Crippen molar-refractivity contribution in [2.24, 2.45) is 0 Å². The van der Waals surface area contributed by atoms with E-state index in [1.807, 2.05) is 13.1 Å². The van der Waals surface area contributed by atoms with Gasteiger partial charge in [0, 0.05) is 19.1 Å². The second-order valence-corrected chi connectivity index (χ2v) is 7.02. The summed E-state index contributed by atoms with van der Waals surface area (Å²) >= 11 is 5.92. The first kappa shape index (κ1) is 18.2. The van der Waals surface area contributed by atoms with E-state index in [2.05, 4.69) is 5.32 Å². The number of likely N-dealkylation sites (N-methyl/N-ethyl adjacent to an activating group) is 1. The first-order valence-electron chi connectivity index (χ1n) is 6.37. The number of nitrogens with zero attached hydrogens (tertiary/aromatic N) is 2. The van der Waals surface area contributed by atoms with Gasteiger partial charge in [-0.05, 0) is 38.1 Å². The van der Waals surface area contributed by atoms with Gasteiger partial charge in [0.15, 0.2) is 0 Å². The molecule has 1 atom stereocenters. The van der Waals surface area contributed by atoms with E-state index in [4.69, 9.17) is 16.9 Å². The summed E-state index contributed by atoms with van der Waals surface area (Å²) in [5, 5.41) is 12.0. The minimum absolute atomic E-state index is 0. The lowest BCUT2D eigenvalue weighted by Crippen LogP contribution is -2.40. The Kier molecular flexibility index (Phi) is 6.44. The Labute approximate surface area is 136 Å². The summed E-state index contributed by atoms with van der Waals surface area (Å²) in [5.74, 6) is 0. The number of nitrogens with one attached hydrogen (secondary N) is 1. The molecule has 5 nitrogen and oxygen atoms in total. The molecule has 8 heteroatoms. The summed E-state index contributed by atoms with van der Waals surface area (Å²) in [7, 11) is -1.75. The zero-order chi connectivity index (χ0) is 14.8. The molecule has 1 saturated heterocycles. The highest BCUT2D eigenvalue weighted by Crippen LogP contribution is 2.28.